The first-order valence-corrected chi connectivity index (χ1v) is 5.84. The second-order valence-corrected chi connectivity index (χ2v) is 5.76. The number of hydrogen-bond donors (Lipinski definition) is 0. The lowest BCUT2D eigenvalue weighted by atomic mass is 9.71. The van der Waals surface area contributed by atoms with Crippen molar-refractivity contribution in [3.05, 3.63) is 11.1 Å². The first kappa shape index (κ1) is 10.2. The molecule has 1 nitrogen and oxygen atoms in total. The van der Waals surface area contributed by atoms with Crippen LogP contribution in [0.1, 0.15) is 53.4 Å². The Morgan fingerprint density at radius 3 is 2.71 bits per heavy atom. The van der Waals surface area contributed by atoms with Crippen LogP contribution < -0.4 is 0 Å². The van der Waals surface area contributed by atoms with Crippen molar-refractivity contribution in [3.63, 3.8) is 0 Å². The summed E-state index contributed by atoms with van der Waals surface area (Å²) in [5, 5.41) is 0. The van der Waals surface area contributed by atoms with Gasteiger partial charge >= 0.3 is 0 Å². The van der Waals surface area contributed by atoms with Gasteiger partial charge in [0, 0.05) is 0 Å². The maximum absolute atomic E-state index is 5.89. The standard InChI is InChI=1S/C13H22O/c1-9-7-11-5-6-13(3,4)8-12(11)10(2)14-9/h9-10H,5-8H2,1-4H3. The van der Waals surface area contributed by atoms with E-state index >= 15 is 0 Å². The molecule has 0 N–H and O–H groups in total. The minimum atomic E-state index is 0.369. The summed E-state index contributed by atoms with van der Waals surface area (Å²) in [6, 6.07) is 0. The Morgan fingerprint density at radius 2 is 2.00 bits per heavy atom. The van der Waals surface area contributed by atoms with Crippen LogP contribution in [0.25, 0.3) is 0 Å². The van der Waals surface area contributed by atoms with Crippen molar-refractivity contribution >= 4 is 0 Å². The normalized spacial score (nSPS) is 36.9. The maximum atomic E-state index is 5.89. The molecule has 0 bridgehead atoms. The Kier molecular flexibility index (Phi) is 2.46. The summed E-state index contributed by atoms with van der Waals surface area (Å²) >= 11 is 0. The summed E-state index contributed by atoms with van der Waals surface area (Å²) in [4.78, 5) is 0. The molecule has 1 heteroatoms. The highest BCUT2D eigenvalue weighted by Gasteiger charge is 2.33. The molecule has 0 aromatic carbocycles. The van der Waals surface area contributed by atoms with Gasteiger partial charge in [0.15, 0.2) is 0 Å². The lowest BCUT2D eigenvalue weighted by Gasteiger charge is -2.40. The Labute approximate surface area is 87.5 Å². The van der Waals surface area contributed by atoms with E-state index in [1.165, 1.54) is 25.7 Å². The molecule has 0 aromatic rings. The van der Waals surface area contributed by atoms with Gasteiger partial charge in [-0.05, 0) is 50.5 Å². The number of ether oxygens (including phenoxy) is 1. The highest BCUT2D eigenvalue weighted by atomic mass is 16.5. The second kappa shape index (κ2) is 3.37. The van der Waals surface area contributed by atoms with E-state index < -0.39 is 0 Å². The molecule has 1 aliphatic carbocycles. The van der Waals surface area contributed by atoms with Crippen molar-refractivity contribution in [2.24, 2.45) is 5.41 Å². The van der Waals surface area contributed by atoms with Crippen LogP contribution >= 0.6 is 0 Å². The predicted octanol–water partition coefficient (Wildman–Crippen LogP) is 3.69. The van der Waals surface area contributed by atoms with Gasteiger partial charge in [-0.2, -0.15) is 0 Å². The fourth-order valence-corrected chi connectivity index (χ4v) is 2.87. The van der Waals surface area contributed by atoms with E-state index in [4.69, 9.17) is 4.74 Å². The molecule has 14 heavy (non-hydrogen) atoms. The first-order chi connectivity index (χ1) is 6.48. The van der Waals surface area contributed by atoms with E-state index in [-0.39, 0.29) is 0 Å². The molecule has 0 saturated heterocycles. The van der Waals surface area contributed by atoms with Crippen LogP contribution in [0.4, 0.5) is 0 Å². The molecule has 2 atom stereocenters. The van der Waals surface area contributed by atoms with Crippen LogP contribution in [0, 0.1) is 5.41 Å². The van der Waals surface area contributed by atoms with Crippen molar-refractivity contribution in [1.82, 2.24) is 0 Å². The van der Waals surface area contributed by atoms with E-state index in [0.29, 0.717) is 17.6 Å². The van der Waals surface area contributed by atoms with Crippen LogP contribution in [0.3, 0.4) is 0 Å². The quantitative estimate of drug-likeness (QED) is 0.534. The van der Waals surface area contributed by atoms with Gasteiger partial charge in [-0.3, -0.25) is 0 Å². The zero-order valence-corrected chi connectivity index (χ0v) is 9.89. The zero-order valence-electron chi connectivity index (χ0n) is 9.89. The molecule has 0 aromatic heterocycles. The number of hydrogen-bond acceptors (Lipinski definition) is 1. The van der Waals surface area contributed by atoms with Gasteiger partial charge in [-0.15, -0.1) is 0 Å². The summed E-state index contributed by atoms with van der Waals surface area (Å²) in [6.07, 6.45) is 5.88. The third-order valence-electron chi connectivity index (χ3n) is 3.69. The van der Waals surface area contributed by atoms with Crippen molar-refractivity contribution < 1.29 is 4.74 Å². The molecule has 0 fully saturated rings. The van der Waals surface area contributed by atoms with Crippen molar-refractivity contribution in [1.29, 1.82) is 0 Å². The summed E-state index contributed by atoms with van der Waals surface area (Å²) in [7, 11) is 0. The van der Waals surface area contributed by atoms with Crippen molar-refractivity contribution in [3.8, 4) is 0 Å². The zero-order chi connectivity index (χ0) is 10.3. The van der Waals surface area contributed by atoms with Crippen LogP contribution in [0.15, 0.2) is 11.1 Å². The SMILES string of the molecule is CC1CC2=C(CC(C)(C)CC2)C(C)O1. The third-order valence-corrected chi connectivity index (χ3v) is 3.69. The van der Waals surface area contributed by atoms with Crippen LogP contribution in [-0.2, 0) is 4.74 Å². The van der Waals surface area contributed by atoms with Crippen molar-refractivity contribution in [2.75, 3.05) is 0 Å². The summed E-state index contributed by atoms with van der Waals surface area (Å²) in [5.74, 6) is 0. The lowest BCUT2D eigenvalue weighted by Crippen LogP contribution is -2.32. The van der Waals surface area contributed by atoms with Gasteiger partial charge in [0.1, 0.15) is 0 Å². The van der Waals surface area contributed by atoms with Gasteiger partial charge in [-0.1, -0.05) is 19.4 Å². The van der Waals surface area contributed by atoms with Gasteiger partial charge in [0.25, 0.3) is 0 Å². The molecule has 1 heterocycles. The molecule has 80 valence electrons. The second-order valence-electron chi connectivity index (χ2n) is 5.76. The molecule has 2 rings (SSSR count). The molecule has 2 aliphatic rings. The van der Waals surface area contributed by atoms with Crippen LogP contribution in [0.2, 0.25) is 0 Å². The van der Waals surface area contributed by atoms with Gasteiger partial charge in [0.05, 0.1) is 12.2 Å². The molecule has 0 spiro atoms. The molecule has 0 amide bonds. The van der Waals surface area contributed by atoms with Gasteiger partial charge in [-0.25, -0.2) is 0 Å². The minimum absolute atomic E-state index is 0.369. The predicted molar refractivity (Wildman–Crippen MR) is 59.3 cm³/mol. The molecular formula is C13H22O. The van der Waals surface area contributed by atoms with E-state index in [9.17, 15) is 0 Å². The van der Waals surface area contributed by atoms with Crippen molar-refractivity contribution in [2.45, 2.75) is 65.6 Å². The Bertz CT molecular complexity index is 262. The average molecular weight is 194 g/mol. The average Bonchev–Trinajstić information content (AvgIpc) is 2.06. The highest BCUT2D eigenvalue weighted by Crippen LogP contribution is 2.44. The molecule has 1 aliphatic heterocycles. The lowest BCUT2D eigenvalue weighted by molar-refractivity contribution is 0.00660. The molecule has 2 unspecified atom stereocenters. The molecular weight excluding hydrogens is 172 g/mol. The molecule has 0 saturated carbocycles. The van der Waals surface area contributed by atoms with E-state index in [0.717, 1.165) is 0 Å². The fraction of sp³-hybridized carbons (Fsp3) is 0.846. The van der Waals surface area contributed by atoms with Crippen LogP contribution in [-0.4, -0.2) is 12.2 Å². The summed E-state index contributed by atoms with van der Waals surface area (Å²) in [5.41, 5.74) is 3.81. The van der Waals surface area contributed by atoms with Crippen LogP contribution in [0.5, 0.6) is 0 Å². The smallest absolute Gasteiger partial charge is 0.0763 e. The van der Waals surface area contributed by atoms with Gasteiger partial charge in [0.2, 0.25) is 0 Å². The maximum Gasteiger partial charge on any atom is 0.0763 e. The monoisotopic (exact) mass is 194 g/mol. The van der Waals surface area contributed by atoms with E-state index in [1.807, 2.05) is 0 Å². The highest BCUT2D eigenvalue weighted by molar-refractivity contribution is 5.25. The largest absolute Gasteiger partial charge is 0.371 e. The minimum Gasteiger partial charge on any atom is -0.371 e. The Hall–Kier alpha value is -0.300. The van der Waals surface area contributed by atoms with E-state index in [1.54, 1.807) is 11.1 Å². The number of rotatable bonds is 0. The summed E-state index contributed by atoms with van der Waals surface area (Å²) in [6.45, 7) is 9.16. The van der Waals surface area contributed by atoms with Gasteiger partial charge < -0.3 is 4.74 Å². The molecule has 0 radical (unpaired) electrons. The fourth-order valence-electron chi connectivity index (χ4n) is 2.87. The summed E-state index contributed by atoms with van der Waals surface area (Å²) < 4.78 is 5.89. The first-order valence-electron chi connectivity index (χ1n) is 5.84. The third kappa shape index (κ3) is 1.88. The van der Waals surface area contributed by atoms with E-state index in [2.05, 4.69) is 27.7 Å². The Balaban J connectivity index is 2.23. The Morgan fingerprint density at radius 1 is 1.29 bits per heavy atom. The topological polar surface area (TPSA) is 9.23 Å².